The van der Waals surface area contributed by atoms with Crippen LogP contribution in [0.3, 0.4) is 0 Å². The highest BCUT2D eigenvalue weighted by atomic mass is 32.2. The summed E-state index contributed by atoms with van der Waals surface area (Å²) in [5.74, 6) is -1.06. The molecule has 154 valence electrons. The molecule has 0 fully saturated rings. The second-order valence-corrected chi connectivity index (χ2v) is 7.94. The van der Waals surface area contributed by atoms with Crippen molar-refractivity contribution in [3.63, 3.8) is 0 Å². The zero-order chi connectivity index (χ0) is 21.6. The standard InChI is InChI=1S/C25H20N2O3S/c26-21-15-18-9-5-4-8-17(18)14-20(21)25(29)30-16-24(28)27-22-12-6-7-13-23(22)31-19-10-2-1-3-11-19/h1-15H,16,26H2,(H,27,28). The van der Waals surface area contributed by atoms with Gasteiger partial charge in [-0.3, -0.25) is 4.79 Å². The summed E-state index contributed by atoms with van der Waals surface area (Å²) in [5, 5.41) is 4.62. The Morgan fingerprint density at radius 1 is 0.839 bits per heavy atom. The van der Waals surface area contributed by atoms with E-state index in [1.54, 1.807) is 23.9 Å². The molecule has 0 saturated carbocycles. The number of nitrogen functional groups attached to an aromatic ring is 1. The monoisotopic (exact) mass is 428 g/mol. The molecular weight excluding hydrogens is 408 g/mol. The maximum atomic E-state index is 12.5. The molecule has 5 nitrogen and oxygen atoms in total. The van der Waals surface area contributed by atoms with Gasteiger partial charge in [0.15, 0.2) is 6.61 Å². The van der Waals surface area contributed by atoms with Crippen molar-refractivity contribution in [1.29, 1.82) is 0 Å². The number of carbonyl (C=O) groups excluding carboxylic acids is 2. The molecule has 0 atom stereocenters. The van der Waals surface area contributed by atoms with Crippen LogP contribution in [0.1, 0.15) is 10.4 Å². The quantitative estimate of drug-likeness (QED) is 0.319. The molecule has 0 saturated heterocycles. The van der Waals surface area contributed by atoms with E-state index in [4.69, 9.17) is 10.5 Å². The lowest BCUT2D eigenvalue weighted by molar-refractivity contribution is -0.119. The van der Waals surface area contributed by atoms with Crippen LogP contribution in [0.2, 0.25) is 0 Å². The number of amides is 1. The predicted molar refractivity (Wildman–Crippen MR) is 124 cm³/mol. The van der Waals surface area contributed by atoms with Gasteiger partial charge in [-0.1, -0.05) is 66.4 Å². The van der Waals surface area contributed by atoms with Crippen LogP contribution in [0, 0.1) is 0 Å². The van der Waals surface area contributed by atoms with Crippen LogP contribution in [0.25, 0.3) is 10.8 Å². The molecule has 0 aromatic heterocycles. The van der Waals surface area contributed by atoms with Crippen LogP contribution in [0.4, 0.5) is 11.4 Å². The Kier molecular flexibility index (Phi) is 6.19. The second-order valence-electron chi connectivity index (χ2n) is 6.82. The first-order chi connectivity index (χ1) is 15.1. The number of fused-ring (bicyclic) bond motifs is 1. The summed E-state index contributed by atoms with van der Waals surface area (Å²) in [6.45, 7) is -0.407. The molecule has 0 aliphatic rings. The Balaban J connectivity index is 1.41. The molecule has 1 amide bonds. The number of esters is 1. The number of benzene rings is 4. The number of rotatable bonds is 6. The van der Waals surface area contributed by atoms with E-state index in [1.807, 2.05) is 78.9 Å². The van der Waals surface area contributed by atoms with E-state index in [9.17, 15) is 9.59 Å². The molecule has 0 heterocycles. The van der Waals surface area contributed by atoms with E-state index in [0.29, 0.717) is 11.4 Å². The molecule has 4 aromatic carbocycles. The number of para-hydroxylation sites is 1. The smallest absolute Gasteiger partial charge is 0.340 e. The first-order valence-electron chi connectivity index (χ1n) is 9.67. The Morgan fingerprint density at radius 3 is 2.26 bits per heavy atom. The largest absolute Gasteiger partial charge is 0.452 e. The number of nitrogens with one attached hydrogen (secondary N) is 1. The zero-order valence-electron chi connectivity index (χ0n) is 16.6. The Labute approximate surface area is 184 Å². The summed E-state index contributed by atoms with van der Waals surface area (Å²) >= 11 is 1.54. The van der Waals surface area contributed by atoms with Gasteiger partial charge < -0.3 is 15.8 Å². The maximum Gasteiger partial charge on any atom is 0.340 e. The fourth-order valence-electron chi connectivity index (χ4n) is 3.10. The van der Waals surface area contributed by atoms with Gasteiger partial charge in [0.25, 0.3) is 5.91 Å². The van der Waals surface area contributed by atoms with Gasteiger partial charge in [-0.25, -0.2) is 4.79 Å². The van der Waals surface area contributed by atoms with Crippen molar-refractivity contribution in [1.82, 2.24) is 0 Å². The Hall–Kier alpha value is -3.77. The molecule has 0 bridgehead atoms. The number of hydrogen-bond acceptors (Lipinski definition) is 5. The molecule has 4 aromatic rings. The van der Waals surface area contributed by atoms with Gasteiger partial charge in [-0.2, -0.15) is 0 Å². The van der Waals surface area contributed by atoms with E-state index in [1.165, 1.54) is 0 Å². The second kappa shape index (κ2) is 9.36. The van der Waals surface area contributed by atoms with Crippen LogP contribution >= 0.6 is 11.8 Å². The fraction of sp³-hybridized carbons (Fsp3) is 0.0400. The van der Waals surface area contributed by atoms with E-state index < -0.39 is 18.5 Å². The van der Waals surface area contributed by atoms with Gasteiger partial charge in [0.2, 0.25) is 0 Å². The molecule has 0 aliphatic carbocycles. The van der Waals surface area contributed by atoms with Gasteiger partial charge in [0.05, 0.1) is 11.3 Å². The molecule has 4 rings (SSSR count). The lowest BCUT2D eigenvalue weighted by Crippen LogP contribution is -2.21. The van der Waals surface area contributed by atoms with E-state index in [2.05, 4.69) is 5.32 Å². The van der Waals surface area contributed by atoms with Gasteiger partial charge in [0, 0.05) is 15.5 Å². The van der Waals surface area contributed by atoms with Crippen LogP contribution in [-0.4, -0.2) is 18.5 Å². The lowest BCUT2D eigenvalue weighted by Gasteiger charge is -2.12. The van der Waals surface area contributed by atoms with Crippen molar-refractivity contribution in [3.05, 3.63) is 96.6 Å². The highest BCUT2D eigenvalue weighted by molar-refractivity contribution is 7.99. The molecule has 0 spiro atoms. The summed E-state index contributed by atoms with van der Waals surface area (Å²) in [5.41, 5.74) is 7.22. The van der Waals surface area contributed by atoms with Crippen LogP contribution < -0.4 is 11.1 Å². The number of carbonyl (C=O) groups is 2. The maximum absolute atomic E-state index is 12.5. The summed E-state index contributed by atoms with van der Waals surface area (Å²) in [4.78, 5) is 26.9. The van der Waals surface area contributed by atoms with Crippen molar-refractivity contribution in [2.45, 2.75) is 9.79 Å². The third kappa shape index (κ3) is 5.05. The van der Waals surface area contributed by atoms with Crippen molar-refractivity contribution >= 4 is 45.8 Å². The first-order valence-corrected chi connectivity index (χ1v) is 10.5. The molecule has 31 heavy (non-hydrogen) atoms. The molecule has 3 N–H and O–H groups in total. The number of nitrogens with two attached hydrogens (primary N) is 1. The molecule has 0 radical (unpaired) electrons. The summed E-state index contributed by atoms with van der Waals surface area (Å²) in [6, 6.07) is 28.3. The minimum absolute atomic E-state index is 0.242. The number of hydrogen-bond donors (Lipinski definition) is 2. The third-order valence-corrected chi connectivity index (χ3v) is 5.69. The van der Waals surface area contributed by atoms with Crippen molar-refractivity contribution < 1.29 is 14.3 Å². The normalized spacial score (nSPS) is 10.6. The van der Waals surface area contributed by atoms with Crippen molar-refractivity contribution in [2.75, 3.05) is 17.7 Å². The number of ether oxygens (including phenoxy) is 1. The van der Waals surface area contributed by atoms with E-state index >= 15 is 0 Å². The first kappa shape index (κ1) is 20.5. The summed E-state index contributed by atoms with van der Waals surface area (Å²) in [6.07, 6.45) is 0. The summed E-state index contributed by atoms with van der Waals surface area (Å²) in [7, 11) is 0. The minimum atomic E-state index is -0.634. The molecule has 0 unspecified atom stereocenters. The highest BCUT2D eigenvalue weighted by Gasteiger charge is 2.15. The number of anilines is 2. The van der Waals surface area contributed by atoms with Crippen LogP contribution in [0.15, 0.2) is 101 Å². The summed E-state index contributed by atoms with van der Waals surface area (Å²) < 4.78 is 5.21. The van der Waals surface area contributed by atoms with Gasteiger partial charge >= 0.3 is 5.97 Å². The van der Waals surface area contributed by atoms with Crippen LogP contribution in [0.5, 0.6) is 0 Å². The van der Waals surface area contributed by atoms with Gasteiger partial charge in [0.1, 0.15) is 0 Å². The van der Waals surface area contributed by atoms with Gasteiger partial charge in [-0.15, -0.1) is 0 Å². The van der Waals surface area contributed by atoms with Crippen molar-refractivity contribution in [2.24, 2.45) is 0 Å². The lowest BCUT2D eigenvalue weighted by atomic mass is 10.1. The average molecular weight is 429 g/mol. The topological polar surface area (TPSA) is 81.4 Å². The average Bonchev–Trinajstić information content (AvgIpc) is 2.79. The predicted octanol–water partition coefficient (Wildman–Crippen LogP) is 5.37. The van der Waals surface area contributed by atoms with E-state index in [-0.39, 0.29) is 5.56 Å². The SMILES string of the molecule is Nc1cc2ccccc2cc1C(=O)OCC(=O)Nc1ccccc1Sc1ccccc1. The Morgan fingerprint density at radius 2 is 1.48 bits per heavy atom. The fourth-order valence-corrected chi connectivity index (χ4v) is 4.03. The third-order valence-electron chi connectivity index (χ3n) is 4.60. The van der Waals surface area contributed by atoms with Crippen molar-refractivity contribution in [3.8, 4) is 0 Å². The van der Waals surface area contributed by atoms with Crippen LogP contribution in [-0.2, 0) is 9.53 Å². The Bertz CT molecular complexity index is 1240. The molecular formula is C25H20N2O3S. The molecule has 0 aliphatic heterocycles. The minimum Gasteiger partial charge on any atom is -0.452 e. The van der Waals surface area contributed by atoms with Gasteiger partial charge in [-0.05, 0) is 47.2 Å². The molecule has 6 heteroatoms. The van der Waals surface area contributed by atoms with E-state index in [0.717, 1.165) is 20.6 Å². The zero-order valence-corrected chi connectivity index (χ0v) is 17.4. The highest BCUT2D eigenvalue weighted by Crippen LogP contribution is 2.33.